The Hall–Kier alpha value is -2.22. The Morgan fingerprint density at radius 1 is 1.33 bits per heavy atom. The zero-order valence-corrected chi connectivity index (χ0v) is 12.6. The van der Waals surface area contributed by atoms with Crippen molar-refractivity contribution in [2.45, 2.75) is 5.16 Å². The van der Waals surface area contributed by atoms with E-state index in [1.165, 1.54) is 32.3 Å². The van der Waals surface area contributed by atoms with E-state index in [2.05, 4.69) is 20.5 Å². The standard InChI is InChI=1S/C13H16N4O3S/c1-19-9-4-3-5-10(20-2)11(9)12(18)14-6-7-21-13-15-8-16-17-13/h3-5,8H,6-7H2,1-2H3,(H,14,18)(H,15,16,17). The molecule has 0 aliphatic carbocycles. The lowest BCUT2D eigenvalue weighted by molar-refractivity contribution is 0.0950. The summed E-state index contributed by atoms with van der Waals surface area (Å²) in [6.07, 6.45) is 1.45. The zero-order chi connectivity index (χ0) is 15.1. The SMILES string of the molecule is COc1cccc(OC)c1C(=O)NCCSc1ncn[nH]1. The van der Waals surface area contributed by atoms with E-state index in [0.29, 0.717) is 29.4 Å². The van der Waals surface area contributed by atoms with Gasteiger partial charge in [-0.25, -0.2) is 4.98 Å². The minimum atomic E-state index is -0.234. The molecular weight excluding hydrogens is 292 g/mol. The van der Waals surface area contributed by atoms with Crippen LogP contribution in [0.25, 0.3) is 0 Å². The highest BCUT2D eigenvalue weighted by atomic mass is 32.2. The number of carbonyl (C=O) groups excluding carboxylic acids is 1. The molecule has 21 heavy (non-hydrogen) atoms. The molecule has 1 aromatic heterocycles. The third-order valence-corrected chi connectivity index (χ3v) is 3.55. The summed E-state index contributed by atoms with van der Waals surface area (Å²) in [5.74, 6) is 1.41. The minimum absolute atomic E-state index is 0.234. The van der Waals surface area contributed by atoms with Crippen molar-refractivity contribution < 1.29 is 14.3 Å². The molecule has 7 nitrogen and oxygen atoms in total. The number of ether oxygens (including phenoxy) is 2. The number of thioether (sulfide) groups is 1. The van der Waals surface area contributed by atoms with E-state index < -0.39 is 0 Å². The van der Waals surface area contributed by atoms with Gasteiger partial charge in [-0.05, 0) is 12.1 Å². The number of aromatic nitrogens is 3. The number of carbonyl (C=O) groups is 1. The first kappa shape index (κ1) is 15.2. The van der Waals surface area contributed by atoms with E-state index in [9.17, 15) is 4.79 Å². The van der Waals surface area contributed by atoms with Gasteiger partial charge in [0.2, 0.25) is 0 Å². The monoisotopic (exact) mass is 308 g/mol. The van der Waals surface area contributed by atoms with Crippen molar-refractivity contribution in [1.82, 2.24) is 20.5 Å². The van der Waals surface area contributed by atoms with Crippen LogP contribution in [0.5, 0.6) is 11.5 Å². The van der Waals surface area contributed by atoms with Crippen LogP contribution in [0.2, 0.25) is 0 Å². The highest BCUT2D eigenvalue weighted by Crippen LogP contribution is 2.27. The Morgan fingerprint density at radius 3 is 2.62 bits per heavy atom. The molecule has 0 aliphatic rings. The van der Waals surface area contributed by atoms with Gasteiger partial charge in [-0.15, -0.1) is 0 Å². The van der Waals surface area contributed by atoms with E-state index in [0.717, 1.165) is 5.16 Å². The number of hydrogen-bond acceptors (Lipinski definition) is 6. The Kier molecular flexibility index (Phi) is 5.44. The van der Waals surface area contributed by atoms with Gasteiger partial charge < -0.3 is 14.8 Å². The molecule has 0 saturated heterocycles. The Balaban J connectivity index is 1.93. The molecule has 1 heterocycles. The number of hydrogen-bond donors (Lipinski definition) is 2. The second kappa shape index (κ2) is 7.53. The molecule has 2 rings (SSSR count). The molecule has 0 saturated carbocycles. The van der Waals surface area contributed by atoms with Crippen LogP contribution >= 0.6 is 11.8 Å². The summed E-state index contributed by atoms with van der Waals surface area (Å²) < 4.78 is 10.4. The van der Waals surface area contributed by atoms with Crippen molar-refractivity contribution in [3.63, 3.8) is 0 Å². The first-order valence-electron chi connectivity index (χ1n) is 6.23. The van der Waals surface area contributed by atoms with E-state index in [1.54, 1.807) is 18.2 Å². The maximum absolute atomic E-state index is 12.2. The molecule has 1 aromatic carbocycles. The molecule has 0 bridgehead atoms. The number of nitrogens with zero attached hydrogens (tertiary/aromatic N) is 2. The summed E-state index contributed by atoms with van der Waals surface area (Å²) in [7, 11) is 3.04. The molecule has 0 spiro atoms. The van der Waals surface area contributed by atoms with Gasteiger partial charge in [-0.3, -0.25) is 9.89 Å². The van der Waals surface area contributed by atoms with Gasteiger partial charge in [0, 0.05) is 12.3 Å². The summed E-state index contributed by atoms with van der Waals surface area (Å²) in [5.41, 5.74) is 0.396. The molecule has 0 fully saturated rings. The number of methoxy groups -OCH3 is 2. The largest absolute Gasteiger partial charge is 0.496 e. The third kappa shape index (κ3) is 3.88. The number of benzene rings is 1. The number of aromatic amines is 1. The topological polar surface area (TPSA) is 89.1 Å². The predicted octanol–water partition coefficient (Wildman–Crippen LogP) is 1.34. The summed E-state index contributed by atoms with van der Waals surface area (Å²) in [5, 5.41) is 10.0. The van der Waals surface area contributed by atoms with Gasteiger partial charge in [0.15, 0.2) is 5.16 Å². The lowest BCUT2D eigenvalue weighted by atomic mass is 10.1. The number of nitrogens with one attached hydrogen (secondary N) is 2. The minimum Gasteiger partial charge on any atom is -0.496 e. The fourth-order valence-corrected chi connectivity index (χ4v) is 2.38. The van der Waals surface area contributed by atoms with Crippen molar-refractivity contribution >= 4 is 17.7 Å². The van der Waals surface area contributed by atoms with Gasteiger partial charge >= 0.3 is 0 Å². The number of rotatable bonds is 7. The fraction of sp³-hybridized carbons (Fsp3) is 0.308. The van der Waals surface area contributed by atoms with Crippen LogP contribution in [-0.2, 0) is 0 Å². The van der Waals surface area contributed by atoms with Crippen molar-refractivity contribution in [2.24, 2.45) is 0 Å². The van der Waals surface area contributed by atoms with Crippen LogP contribution in [0, 0.1) is 0 Å². The molecule has 8 heteroatoms. The lowest BCUT2D eigenvalue weighted by Crippen LogP contribution is -2.26. The van der Waals surface area contributed by atoms with E-state index in [4.69, 9.17) is 9.47 Å². The summed E-state index contributed by atoms with van der Waals surface area (Å²) in [6, 6.07) is 5.22. The van der Waals surface area contributed by atoms with Crippen LogP contribution < -0.4 is 14.8 Å². The first-order chi connectivity index (χ1) is 10.3. The first-order valence-corrected chi connectivity index (χ1v) is 7.22. The maximum Gasteiger partial charge on any atom is 0.258 e. The molecule has 2 N–H and O–H groups in total. The molecule has 0 radical (unpaired) electrons. The molecule has 0 unspecified atom stereocenters. The summed E-state index contributed by atoms with van der Waals surface area (Å²) in [4.78, 5) is 16.2. The number of H-pyrrole nitrogens is 1. The second-order valence-electron chi connectivity index (χ2n) is 3.93. The second-order valence-corrected chi connectivity index (χ2v) is 5.02. The Labute approximate surface area is 126 Å². The average Bonchev–Trinajstić information content (AvgIpc) is 3.03. The molecule has 112 valence electrons. The predicted molar refractivity (Wildman–Crippen MR) is 79.0 cm³/mol. The number of amides is 1. The summed E-state index contributed by atoms with van der Waals surface area (Å²) >= 11 is 1.48. The molecular formula is C13H16N4O3S. The van der Waals surface area contributed by atoms with Crippen molar-refractivity contribution in [3.05, 3.63) is 30.1 Å². The van der Waals surface area contributed by atoms with Gasteiger partial charge in [0.05, 0.1) is 14.2 Å². The molecule has 0 atom stereocenters. The smallest absolute Gasteiger partial charge is 0.258 e. The van der Waals surface area contributed by atoms with Crippen LogP contribution in [-0.4, -0.2) is 47.6 Å². The Morgan fingerprint density at radius 2 is 2.05 bits per heavy atom. The average molecular weight is 308 g/mol. The van der Waals surface area contributed by atoms with Crippen molar-refractivity contribution in [2.75, 3.05) is 26.5 Å². The lowest BCUT2D eigenvalue weighted by Gasteiger charge is -2.12. The molecule has 0 aliphatic heterocycles. The molecule has 2 aromatic rings. The van der Waals surface area contributed by atoms with E-state index >= 15 is 0 Å². The summed E-state index contributed by atoms with van der Waals surface area (Å²) in [6.45, 7) is 0.491. The molecule has 1 amide bonds. The van der Waals surface area contributed by atoms with Crippen LogP contribution in [0.15, 0.2) is 29.7 Å². The normalized spacial score (nSPS) is 10.2. The van der Waals surface area contributed by atoms with Crippen LogP contribution in [0.1, 0.15) is 10.4 Å². The van der Waals surface area contributed by atoms with Crippen molar-refractivity contribution in [3.8, 4) is 11.5 Å². The van der Waals surface area contributed by atoms with Crippen molar-refractivity contribution in [1.29, 1.82) is 0 Å². The van der Waals surface area contributed by atoms with Gasteiger partial charge in [0.25, 0.3) is 5.91 Å². The zero-order valence-electron chi connectivity index (χ0n) is 11.8. The highest BCUT2D eigenvalue weighted by molar-refractivity contribution is 7.99. The Bertz CT molecular complexity index is 567. The van der Waals surface area contributed by atoms with Gasteiger partial charge in [0.1, 0.15) is 23.4 Å². The van der Waals surface area contributed by atoms with Crippen LogP contribution in [0.4, 0.5) is 0 Å². The van der Waals surface area contributed by atoms with E-state index in [-0.39, 0.29) is 5.91 Å². The highest BCUT2D eigenvalue weighted by Gasteiger charge is 2.17. The van der Waals surface area contributed by atoms with E-state index in [1.807, 2.05) is 0 Å². The maximum atomic E-state index is 12.2. The van der Waals surface area contributed by atoms with Gasteiger partial charge in [-0.1, -0.05) is 17.8 Å². The van der Waals surface area contributed by atoms with Crippen LogP contribution in [0.3, 0.4) is 0 Å². The fourth-order valence-electron chi connectivity index (χ4n) is 1.74. The third-order valence-electron chi connectivity index (χ3n) is 2.67. The van der Waals surface area contributed by atoms with Gasteiger partial charge in [-0.2, -0.15) is 5.10 Å². The quantitative estimate of drug-likeness (QED) is 0.593.